The van der Waals surface area contributed by atoms with Crippen LogP contribution >= 0.6 is 0 Å². The number of nitro groups is 1. The summed E-state index contributed by atoms with van der Waals surface area (Å²) in [4.78, 5) is 26.1. The number of carbonyl (C=O) groups excluding carboxylic acids is 1. The van der Waals surface area contributed by atoms with Gasteiger partial charge in [0.25, 0.3) is 5.69 Å². The second-order valence-electron chi connectivity index (χ2n) is 4.55. The van der Waals surface area contributed by atoms with Crippen molar-refractivity contribution >= 4 is 23.6 Å². The number of rotatable bonds is 3. The molecule has 2 aromatic rings. The molecule has 22 heavy (non-hydrogen) atoms. The highest BCUT2D eigenvalue weighted by molar-refractivity contribution is 6.12. The summed E-state index contributed by atoms with van der Waals surface area (Å²) in [6.07, 6.45) is 1.53. The van der Waals surface area contributed by atoms with E-state index < -0.39 is 10.9 Å². The van der Waals surface area contributed by atoms with Gasteiger partial charge in [0.05, 0.1) is 4.92 Å². The number of aliphatic imine (C=N–C) groups is 1. The summed E-state index contributed by atoms with van der Waals surface area (Å²) in [7, 11) is 0. The zero-order valence-corrected chi connectivity index (χ0v) is 11.3. The first-order valence-corrected chi connectivity index (χ1v) is 6.46. The highest BCUT2D eigenvalue weighted by atomic mass is 16.6. The van der Waals surface area contributed by atoms with E-state index in [2.05, 4.69) is 4.99 Å². The number of hydrogen-bond donors (Lipinski definition) is 0. The molecule has 0 spiro atoms. The second-order valence-corrected chi connectivity index (χ2v) is 4.55. The van der Waals surface area contributed by atoms with Gasteiger partial charge in [-0.1, -0.05) is 18.2 Å². The van der Waals surface area contributed by atoms with Crippen LogP contribution in [-0.2, 0) is 9.53 Å². The van der Waals surface area contributed by atoms with E-state index in [1.807, 2.05) is 18.2 Å². The second kappa shape index (κ2) is 5.61. The number of benzene rings is 2. The van der Waals surface area contributed by atoms with Crippen molar-refractivity contribution in [2.24, 2.45) is 4.99 Å². The molecular formula is C16H10N2O4. The van der Waals surface area contributed by atoms with Gasteiger partial charge >= 0.3 is 5.97 Å². The molecule has 3 rings (SSSR count). The molecule has 0 saturated carbocycles. The van der Waals surface area contributed by atoms with Crippen molar-refractivity contribution in [1.82, 2.24) is 0 Å². The Hall–Kier alpha value is -3.28. The molecule has 0 bridgehead atoms. The number of carbonyl (C=O) groups is 1. The largest absolute Gasteiger partial charge is 0.402 e. The quantitative estimate of drug-likeness (QED) is 0.377. The lowest BCUT2D eigenvalue weighted by atomic mass is 10.2. The zero-order chi connectivity index (χ0) is 15.5. The molecule has 0 radical (unpaired) electrons. The van der Waals surface area contributed by atoms with Gasteiger partial charge in [-0.3, -0.25) is 10.1 Å². The number of nitro benzene ring substituents is 1. The van der Waals surface area contributed by atoms with Gasteiger partial charge in [-0.15, -0.1) is 0 Å². The Bertz CT molecular complexity index is 793. The molecule has 1 aliphatic heterocycles. The summed E-state index contributed by atoms with van der Waals surface area (Å²) < 4.78 is 5.13. The number of non-ortho nitro benzene ring substituents is 1. The number of nitrogens with zero attached hydrogens (tertiary/aromatic N) is 2. The minimum atomic E-state index is -0.544. The van der Waals surface area contributed by atoms with Gasteiger partial charge in [-0.2, -0.15) is 0 Å². The van der Waals surface area contributed by atoms with Gasteiger partial charge in [0.2, 0.25) is 5.90 Å². The zero-order valence-electron chi connectivity index (χ0n) is 11.3. The summed E-state index contributed by atoms with van der Waals surface area (Å²) in [6, 6.07) is 14.9. The Kier molecular flexibility index (Phi) is 3.49. The Labute approximate surface area is 125 Å². The molecule has 0 saturated heterocycles. The molecule has 0 aliphatic carbocycles. The highest BCUT2D eigenvalue weighted by Gasteiger charge is 2.23. The fraction of sp³-hybridized carbons (Fsp3) is 0. The third kappa shape index (κ3) is 2.76. The van der Waals surface area contributed by atoms with Crippen molar-refractivity contribution in [3.63, 3.8) is 0 Å². The molecule has 6 heteroatoms. The van der Waals surface area contributed by atoms with Gasteiger partial charge in [0.1, 0.15) is 0 Å². The minimum absolute atomic E-state index is 0.00961. The van der Waals surface area contributed by atoms with Gasteiger partial charge in [-0.05, 0) is 35.9 Å². The fourth-order valence-electron chi connectivity index (χ4n) is 1.96. The fourth-order valence-corrected chi connectivity index (χ4v) is 1.96. The third-order valence-electron chi connectivity index (χ3n) is 3.05. The van der Waals surface area contributed by atoms with Crippen LogP contribution in [0.5, 0.6) is 0 Å². The molecule has 2 aromatic carbocycles. The molecule has 6 nitrogen and oxygen atoms in total. The predicted molar refractivity (Wildman–Crippen MR) is 80.1 cm³/mol. The maximum absolute atomic E-state index is 11.8. The summed E-state index contributed by atoms with van der Waals surface area (Å²) in [5, 5.41) is 10.6. The topological polar surface area (TPSA) is 81.8 Å². The van der Waals surface area contributed by atoms with Crippen molar-refractivity contribution in [1.29, 1.82) is 0 Å². The van der Waals surface area contributed by atoms with Gasteiger partial charge in [0, 0.05) is 17.7 Å². The summed E-state index contributed by atoms with van der Waals surface area (Å²) in [6.45, 7) is 0. The van der Waals surface area contributed by atoms with Crippen LogP contribution in [0.3, 0.4) is 0 Å². The van der Waals surface area contributed by atoms with E-state index in [-0.39, 0.29) is 17.3 Å². The van der Waals surface area contributed by atoms with Crippen LogP contribution in [0.15, 0.2) is 65.3 Å². The van der Waals surface area contributed by atoms with Gasteiger partial charge < -0.3 is 4.74 Å². The molecule has 0 aromatic heterocycles. The summed E-state index contributed by atoms with van der Waals surface area (Å²) in [5.74, 6) is -0.295. The van der Waals surface area contributed by atoms with Crippen LogP contribution in [-0.4, -0.2) is 16.8 Å². The first-order valence-electron chi connectivity index (χ1n) is 6.46. The van der Waals surface area contributed by atoms with E-state index in [9.17, 15) is 14.9 Å². The van der Waals surface area contributed by atoms with Crippen LogP contribution in [0.2, 0.25) is 0 Å². The molecule has 0 amide bonds. The third-order valence-corrected chi connectivity index (χ3v) is 3.05. The first-order chi connectivity index (χ1) is 10.6. The Morgan fingerprint density at radius 2 is 1.73 bits per heavy atom. The maximum Gasteiger partial charge on any atom is 0.363 e. The molecule has 0 unspecified atom stereocenters. The van der Waals surface area contributed by atoms with Crippen LogP contribution in [0.25, 0.3) is 6.08 Å². The van der Waals surface area contributed by atoms with E-state index in [4.69, 9.17) is 4.74 Å². The number of cyclic esters (lactones) is 1. The van der Waals surface area contributed by atoms with Crippen molar-refractivity contribution in [2.75, 3.05) is 0 Å². The van der Waals surface area contributed by atoms with Crippen LogP contribution in [0, 0.1) is 10.1 Å². The average Bonchev–Trinajstić information content (AvgIpc) is 2.90. The summed E-state index contributed by atoms with van der Waals surface area (Å²) >= 11 is 0. The minimum Gasteiger partial charge on any atom is -0.402 e. The monoisotopic (exact) mass is 294 g/mol. The van der Waals surface area contributed by atoms with Crippen LogP contribution in [0.1, 0.15) is 11.1 Å². The molecule has 1 heterocycles. The maximum atomic E-state index is 11.8. The summed E-state index contributed by atoms with van der Waals surface area (Å²) in [5.41, 5.74) is 1.50. The standard InChI is InChI=1S/C16H10N2O4/c19-16-14(10-11-6-8-13(9-7-11)18(20)21)17-15(22-16)12-4-2-1-3-5-12/h1-10H/b14-10+. The lowest BCUT2D eigenvalue weighted by Crippen LogP contribution is -2.04. The number of ether oxygens (including phenoxy) is 1. The van der Waals surface area contributed by atoms with Crippen molar-refractivity contribution in [3.8, 4) is 0 Å². The van der Waals surface area contributed by atoms with Crippen molar-refractivity contribution in [3.05, 3.63) is 81.5 Å². The normalized spacial score (nSPS) is 15.5. The lowest BCUT2D eigenvalue weighted by molar-refractivity contribution is -0.384. The van der Waals surface area contributed by atoms with E-state index in [0.29, 0.717) is 11.1 Å². The van der Waals surface area contributed by atoms with E-state index >= 15 is 0 Å². The molecule has 108 valence electrons. The molecular weight excluding hydrogens is 284 g/mol. The average molecular weight is 294 g/mol. The SMILES string of the molecule is O=C1OC(c2ccccc2)=N/C1=C/c1ccc([N+](=O)[O-])cc1. The molecule has 1 aliphatic rings. The molecule has 0 fully saturated rings. The first kappa shape index (κ1) is 13.7. The van der Waals surface area contributed by atoms with Crippen molar-refractivity contribution in [2.45, 2.75) is 0 Å². The van der Waals surface area contributed by atoms with E-state index in [1.165, 1.54) is 18.2 Å². The Morgan fingerprint density at radius 1 is 1.05 bits per heavy atom. The Balaban J connectivity index is 1.89. The Morgan fingerprint density at radius 3 is 2.36 bits per heavy atom. The van der Waals surface area contributed by atoms with E-state index in [0.717, 1.165) is 0 Å². The van der Waals surface area contributed by atoms with E-state index in [1.54, 1.807) is 24.3 Å². The van der Waals surface area contributed by atoms with Gasteiger partial charge in [0.15, 0.2) is 5.70 Å². The molecule has 0 atom stereocenters. The lowest BCUT2D eigenvalue weighted by Gasteiger charge is -1.97. The van der Waals surface area contributed by atoms with Crippen LogP contribution in [0.4, 0.5) is 5.69 Å². The van der Waals surface area contributed by atoms with Gasteiger partial charge in [-0.25, -0.2) is 9.79 Å². The number of esters is 1. The van der Waals surface area contributed by atoms with Crippen molar-refractivity contribution < 1.29 is 14.5 Å². The van der Waals surface area contributed by atoms with Crippen LogP contribution < -0.4 is 0 Å². The molecule has 0 N–H and O–H groups in total. The highest BCUT2D eigenvalue weighted by Crippen LogP contribution is 2.20. The predicted octanol–water partition coefficient (Wildman–Crippen LogP) is 2.94. The number of hydrogen-bond acceptors (Lipinski definition) is 5. The smallest absolute Gasteiger partial charge is 0.363 e.